The van der Waals surface area contributed by atoms with Crippen LogP contribution in [0.5, 0.6) is 5.75 Å². The second-order valence-corrected chi connectivity index (χ2v) is 19.0. The lowest BCUT2D eigenvalue weighted by molar-refractivity contribution is -0.136. The lowest BCUT2D eigenvalue weighted by Crippen LogP contribution is -2.58. The molecule has 0 aliphatic carbocycles. The zero-order valence-corrected chi connectivity index (χ0v) is 36.2. The molecule has 3 aromatic carbocycles. The van der Waals surface area contributed by atoms with Crippen molar-refractivity contribution < 1.29 is 23.9 Å². The number of methoxy groups -OCH3 is 1. The van der Waals surface area contributed by atoms with Crippen molar-refractivity contribution >= 4 is 83.0 Å². The molecular formula is C44H51ClN9O5P. The van der Waals surface area contributed by atoms with Crippen LogP contribution in [-0.2, 0) is 9.59 Å². The topological polar surface area (TPSA) is 152 Å². The number of piperazine rings is 1. The number of anilines is 6. The third-order valence-corrected chi connectivity index (χ3v) is 13.7. The summed E-state index contributed by atoms with van der Waals surface area (Å²) in [7, 11) is 1.34. The van der Waals surface area contributed by atoms with Crippen LogP contribution in [0.2, 0.25) is 5.02 Å². The first kappa shape index (κ1) is 41.4. The number of benzene rings is 3. The predicted octanol–water partition coefficient (Wildman–Crippen LogP) is 6.21. The molecule has 0 bridgehead atoms. The number of nitrogens with one attached hydrogen (secondary N) is 3. The van der Waals surface area contributed by atoms with E-state index in [2.05, 4.69) is 81.0 Å². The number of piperidine rings is 2. The maximum atomic E-state index is 13.5. The van der Waals surface area contributed by atoms with Crippen molar-refractivity contribution in [2.75, 3.05) is 73.6 Å². The van der Waals surface area contributed by atoms with Crippen molar-refractivity contribution in [3.8, 4) is 5.75 Å². The molecule has 4 aliphatic rings. The SMILES string of the molecule is COc1cc(N2CCC(CN3CC(C)N(c4ccc5c(c4)C(=O)N(C4CCC(=O)NC4=O)C5=O)C(C)C3)CC2)ccc1Nc1ncc(Cl)c(Nc2ccccc2P(C)C)n1. The number of imide groups is 2. The summed E-state index contributed by atoms with van der Waals surface area (Å²) in [6.45, 7) is 13.5. The summed E-state index contributed by atoms with van der Waals surface area (Å²) in [5.74, 6) is 0.226. The van der Waals surface area contributed by atoms with Crippen LogP contribution in [0.25, 0.3) is 0 Å². The van der Waals surface area contributed by atoms with E-state index in [1.54, 1.807) is 25.4 Å². The van der Waals surface area contributed by atoms with Gasteiger partial charge >= 0.3 is 0 Å². The zero-order valence-electron chi connectivity index (χ0n) is 34.6. The normalized spacial score (nSPS) is 21.4. The number of carbonyl (C=O) groups excluding carboxylic acids is 4. The second kappa shape index (κ2) is 17.4. The molecule has 3 unspecified atom stereocenters. The minimum Gasteiger partial charge on any atom is -0.494 e. The molecule has 16 heteroatoms. The van der Waals surface area contributed by atoms with Crippen molar-refractivity contribution in [1.82, 2.24) is 25.1 Å². The Morgan fingerprint density at radius 2 is 1.58 bits per heavy atom. The Morgan fingerprint density at radius 3 is 2.30 bits per heavy atom. The largest absolute Gasteiger partial charge is 0.494 e. The molecule has 3 N–H and O–H groups in total. The highest BCUT2D eigenvalue weighted by Gasteiger charge is 2.45. The third kappa shape index (κ3) is 8.37. The molecule has 314 valence electrons. The summed E-state index contributed by atoms with van der Waals surface area (Å²) in [5.41, 5.74) is 4.33. The van der Waals surface area contributed by atoms with Crippen LogP contribution < -0.4 is 35.8 Å². The van der Waals surface area contributed by atoms with E-state index in [1.807, 2.05) is 30.3 Å². The van der Waals surface area contributed by atoms with Gasteiger partial charge in [-0.2, -0.15) is 4.98 Å². The minimum absolute atomic E-state index is 0.0902. The van der Waals surface area contributed by atoms with Crippen LogP contribution in [0.4, 0.5) is 34.5 Å². The summed E-state index contributed by atoms with van der Waals surface area (Å²) in [5, 5.41) is 10.7. The predicted molar refractivity (Wildman–Crippen MR) is 237 cm³/mol. The number of nitrogens with zero attached hydrogens (tertiary/aromatic N) is 6. The monoisotopic (exact) mass is 851 g/mol. The quantitative estimate of drug-likeness (QED) is 0.116. The number of amides is 4. The number of fused-ring (bicyclic) bond motifs is 1. The highest BCUT2D eigenvalue weighted by Crippen LogP contribution is 2.37. The molecule has 4 amide bonds. The average Bonchev–Trinajstić information content (AvgIpc) is 3.47. The molecule has 8 rings (SSSR count). The van der Waals surface area contributed by atoms with Crippen LogP contribution in [0.1, 0.15) is 60.2 Å². The molecular weight excluding hydrogens is 801 g/mol. The van der Waals surface area contributed by atoms with Gasteiger partial charge in [0.05, 0.1) is 30.1 Å². The number of carbonyl (C=O) groups is 4. The summed E-state index contributed by atoms with van der Waals surface area (Å²) < 4.78 is 5.84. The lowest BCUT2D eigenvalue weighted by Gasteiger charge is -2.47. The maximum Gasteiger partial charge on any atom is 0.262 e. The van der Waals surface area contributed by atoms with Gasteiger partial charge in [0.25, 0.3) is 11.8 Å². The average molecular weight is 852 g/mol. The van der Waals surface area contributed by atoms with E-state index in [0.29, 0.717) is 39.6 Å². The van der Waals surface area contributed by atoms with Crippen molar-refractivity contribution in [2.24, 2.45) is 5.92 Å². The number of para-hydroxylation sites is 1. The van der Waals surface area contributed by atoms with Gasteiger partial charge in [-0.25, -0.2) is 4.98 Å². The molecule has 4 aromatic rings. The number of hydrogen-bond donors (Lipinski definition) is 3. The molecule has 3 fully saturated rings. The molecule has 3 saturated heterocycles. The summed E-state index contributed by atoms with van der Waals surface area (Å²) >= 11 is 6.53. The first-order valence-corrected chi connectivity index (χ1v) is 23.1. The van der Waals surface area contributed by atoms with Gasteiger partial charge in [-0.3, -0.25) is 34.3 Å². The zero-order chi connectivity index (χ0) is 42.2. The van der Waals surface area contributed by atoms with Gasteiger partial charge in [-0.1, -0.05) is 37.7 Å². The fourth-order valence-corrected chi connectivity index (χ4v) is 10.3. The van der Waals surface area contributed by atoms with Gasteiger partial charge in [0.1, 0.15) is 16.8 Å². The van der Waals surface area contributed by atoms with Crippen molar-refractivity contribution in [3.63, 3.8) is 0 Å². The first-order valence-electron chi connectivity index (χ1n) is 20.5. The molecule has 60 heavy (non-hydrogen) atoms. The van der Waals surface area contributed by atoms with Gasteiger partial charge in [0, 0.05) is 74.4 Å². The van der Waals surface area contributed by atoms with E-state index in [0.717, 1.165) is 73.2 Å². The summed E-state index contributed by atoms with van der Waals surface area (Å²) in [6.07, 6.45) is 3.97. The molecule has 0 spiro atoms. The second-order valence-electron chi connectivity index (χ2n) is 16.4. The number of halogens is 1. The third-order valence-electron chi connectivity index (χ3n) is 12.0. The van der Waals surface area contributed by atoms with Crippen molar-refractivity contribution in [2.45, 2.75) is 57.7 Å². The molecule has 0 saturated carbocycles. The highest BCUT2D eigenvalue weighted by molar-refractivity contribution is 7.64. The van der Waals surface area contributed by atoms with E-state index >= 15 is 0 Å². The first-order chi connectivity index (χ1) is 28.9. The van der Waals surface area contributed by atoms with Crippen LogP contribution in [0.15, 0.2) is 66.9 Å². The van der Waals surface area contributed by atoms with Crippen LogP contribution in [-0.4, -0.2) is 115 Å². The highest BCUT2D eigenvalue weighted by atomic mass is 35.5. The van der Waals surface area contributed by atoms with Gasteiger partial charge in [0.15, 0.2) is 5.82 Å². The van der Waals surface area contributed by atoms with E-state index in [-0.39, 0.29) is 32.8 Å². The Kier molecular flexibility index (Phi) is 12.0. The molecule has 3 atom stereocenters. The maximum absolute atomic E-state index is 13.5. The summed E-state index contributed by atoms with van der Waals surface area (Å²) in [6, 6.07) is 19.2. The molecule has 1 aromatic heterocycles. The van der Waals surface area contributed by atoms with Crippen LogP contribution in [0.3, 0.4) is 0 Å². The molecule has 14 nitrogen and oxygen atoms in total. The molecule has 5 heterocycles. The van der Waals surface area contributed by atoms with Crippen molar-refractivity contribution in [3.05, 3.63) is 83.0 Å². The number of aromatic nitrogens is 2. The lowest BCUT2D eigenvalue weighted by atomic mass is 9.94. The Balaban J connectivity index is 0.856. The molecule has 4 aliphatic heterocycles. The Morgan fingerprint density at radius 1 is 0.867 bits per heavy atom. The van der Waals surface area contributed by atoms with Gasteiger partial charge in [-0.05, 0) is 94.1 Å². The Hall–Kier alpha value is -5.30. The van der Waals surface area contributed by atoms with Crippen molar-refractivity contribution in [1.29, 1.82) is 0 Å². The summed E-state index contributed by atoms with van der Waals surface area (Å²) in [4.78, 5) is 68.5. The fraction of sp³-hybridized carbons (Fsp3) is 0.409. The standard InChI is InChI=1S/C44H51ClN9O5P/c1-26-23-51(24-27(2)53(26)30-10-12-31-32(20-30)43(58)54(42(31)57)36-14-15-39(55)49-41(36)56)25-28-16-18-52(19-17-28)29-11-13-34(37(21-29)59-3)48-44-46-22-33(45)40(50-44)47-35-8-6-7-9-38(35)60(4)5/h6-13,20-22,26-28,36H,14-19,23-25H2,1-5H3,(H,49,55,56)(H2,46,47,48,50). The van der Waals surface area contributed by atoms with E-state index < -0.39 is 29.7 Å². The molecule has 0 radical (unpaired) electrons. The smallest absolute Gasteiger partial charge is 0.262 e. The van der Waals surface area contributed by atoms with E-state index in [1.165, 1.54) is 5.30 Å². The van der Waals surface area contributed by atoms with Gasteiger partial charge in [-0.15, -0.1) is 0 Å². The Bertz CT molecular complexity index is 2310. The minimum atomic E-state index is -0.981. The van der Waals surface area contributed by atoms with Gasteiger partial charge < -0.3 is 25.2 Å². The fourth-order valence-electron chi connectivity index (χ4n) is 9.16. The van der Waals surface area contributed by atoms with Crippen LogP contribution >= 0.6 is 19.5 Å². The van der Waals surface area contributed by atoms with Gasteiger partial charge in [0.2, 0.25) is 17.8 Å². The van der Waals surface area contributed by atoms with E-state index in [9.17, 15) is 19.2 Å². The number of rotatable bonds is 11. The number of hydrogen-bond acceptors (Lipinski definition) is 12. The van der Waals surface area contributed by atoms with E-state index in [4.69, 9.17) is 21.3 Å². The Labute approximate surface area is 356 Å². The van der Waals surface area contributed by atoms with Crippen LogP contribution in [0, 0.1) is 5.92 Å². The number of ether oxygens (including phenoxy) is 1.